The van der Waals surface area contributed by atoms with Gasteiger partial charge in [0.15, 0.2) is 0 Å². The molecule has 0 spiro atoms. The van der Waals surface area contributed by atoms with Crippen molar-refractivity contribution in [1.82, 2.24) is 14.8 Å². The van der Waals surface area contributed by atoms with Gasteiger partial charge >= 0.3 is 17.1 Å². The Bertz CT molecular complexity index is 953. The summed E-state index contributed by atoms with van der Waals surface area (Å²) in [4.78, 5) is 9.61. The summed E-state index contributed by atoms with van der Waals surface area (Å²) in [6.45, 7) is 16.1. The molecule has 0 amide bonds. The molecule has 5 nitrogen and oxygen atoms in total. The third kappa shape index (κ3) is 8.79. The number of ether oxygens (including phenoxy) is 2. The van der Waals surface area contributed by atoms with E-state index in [-0.39, 0.29) is 41.9 Å². The second kappa shape index (κ2) is 16.4. The van der Waals surface area contributed by atoms with Crippen molar-refractivity contribution in [1.29, 1.82) is 0 Å². The Morgan fingerprint density at radius 1 is 0.727 bits per heavy atom. The minimum absolute atomic E-state index is 0. The summed E-state index contributed by atoms with van der Waals surface area (Å²) in [7, 11) is 0. The van der Waals surface area contributed by atoms with Crippen molar-refractivity contribution in [2.75, 3.05) is 52.5 Å². The normalized spacial score (nSPS) is 10.6. The van der Waals surface area contributed by atoms with Crippen molar-refractivity contribution in [3.63, 3.8) is 0 Å². The van der Waals surface area contributed by atoms with E-state index in [4.69, 9.17) is 14.5 Å². The van der Waals surface area contributed by atoms with Gasteiger partial charge in [0.1, 0.15) is 30.2 Å². The van der Waals surface area contributed by atoms with Crippen LogP contribution in [0.2, 0.25) is 0 Å². The first kappa shape index (κ1) is 31.7. The van der Waals surface area contributed by atoms with Crippen molar-refractivity contribution in [2.24, 2.45) is 0 Å². The Balaban J connectivity index is 0.00000341. The molecule has 33 heavy (non-hydrogen) atoms. The van der Waals surface area contributed by atoms with Crippen molar-refractivity contribution >= 4 is 21.8 Å². The molecule has 0 N–H and O–H groups in total. The third-order valence-electron chi connectivity index (χ3n) is 5.70. The molecule has 1 aromatic heterocycles. The van der Waals surface area contributed by atoms with Crippen LogP contribution in [-0.4, -0.2) is 67.3 Å². The number of aromatic nitrogens is 1. The zero-order valence-corrected chi connectivity index (χ0v) is 22.4. The van der Waals surface area contributed by atoms with Crippen LogP contribution in [0, 0.1) is 0 Å². The molecular formula is C25H35Cl2CuN3O2. The molecule has 0 bridgehead atoms. The summed E-state index contributed by atoms with van der Waals surface area (Å²) in [5.74, 6) is 1.74. The summed E-state index contributed by atoms with van der Waals surface area (Å²) in [6.07, 6.45) is 0. The first-order valence-electron chi connectivity index (χ1n) is 11.2. The number of pyridine rings is 1. The van der Waals surface area contributed by atoms with Crippen LogP contribution in [0.4, 0.5) is 0 Å². The van der Waals surface area contributed by atoms with Crippen LogP contribution in [0.25, 0.3) is 21.8 Å². The Labute approximate surface area is 221 Å². The van der Waals surface area contributed by atoms with Gasteiger partial charge in [-0.05, 0) is 56.5 Å². The SMILES string of the molecule is CCN(CC)CCOc1ccc2nc3c(OCCN(CC)CC)cccc3cc2c1.[Cl-].[Cl-].[Cu+2]. The molecule has 0 aliphatic rings. The van der Waals surface area contributed by atoms with Gasteiger partial charge in [0.2, 0.25) is 0 Å². The number of rotatable bonds is 12. The first-order chi connectivity index (χ1) is 14.7. The summed E-state index contributed by atoms with van der Waals surface area (Å²) in [6, 6.07) is 14.4. The van der Waals surface area contributed by atoms with E-state index in [0.717, 1.165) is 72.6 Å². The molecule has 0 fully saturated rings. The van der Waals surface area contributed by atoms with Crippen LogP contribution in [0.15, 0.2) is 42.5 Å². The molecule has 3 aromatic rings. The van der Waals surface area contributed by atoms with Gasteiger partial charge in [-0.25, -0.2) is 4.98 Å². The predicted molar refractivity (Wildman–Crippen MR) is 126 cm³/mol. The molecule has 187 valence electrons. The Morgan fingerprint density at radius 2 is 1.33 bits per heavy atom. The topological polar surface area (TPSA) is 37.8 Å². The summed E-state index contributed by atoms with van der Waals surface area (Å²) < 4.78 is 12.1. The van der Waals surface area contributed by atoms with Crippen LogP contribution in [0.5, 0.6) is 11.5 Å². The smallest absolute Gasteiger partial charge is 1.00 e. The second-order valence-corrected chi connectivity index (χ2v) is 7.42. The van der Waals surface area contributed by atoms with E-state index < -0.39 is 0 Å². The van der Waals surface area contributed by atoms with Gasteiger partial charge < -0.3 is 44.1 Å². The number of hydrogen-bond acceptors (Lipinski definition) is 5. The Morgan fingerprint density at radius 3 is 1.94 bits per heavy atom. The monoisotopic (exact) mass is 542 g/mol. The zero-order valence-electron chi connectivity index (χ0n) is 19.9. The van der Waals surface area contributed by atoms with Crippen LogP contribution in [0.3, 0.4) is 0 Å². The standard InChI is InChI=1S/C25H35N3O2.2ClH.Cu/c1-5-27(6-2)14-16-29-22-12-13-23-21(19-22)18-20-10-9-11-24(25(20)26-23)30-17-15-28(7-3)8-4;;;/h9-13,18-19H,5-8,14-17H2,1-4H3;2*1H;/q;;;+2/p-2. The van der Waals surface area contributed by atoms with Crippen molar-refractivity contribution in [3.05, 3.63) is 42.5 Å². The average Bonchev–Trinajstić information content (AvgIpc) is 2.78. The molecule has 1 radical (unpaired) electrons. The second-order valence-electron chi connectivity index (χ2n) is 7.42. The van der Waals surface area contributed by atoms with E-state index in [0.29, 0.717) is 13.2 Å². The molecule has 2 aromatic carbocycles. The van der Waals surface area contributed by atoms with Crippen LogP contribution in [0.1, 0.15) is 27.7 Å². The van der Waals surface area contributed by atoms with Gasteiger partial charge in [-0.2, -0.15) is 0 Å². The molecule has 0 aliphatic heterocycles. The van der Waals surface area contributed by atoms with E-state index in [9.17, 15) is 0 Å². The number of hydrogen-bond donors (Lipinski definition) is 0. The van der Waals surface area contributed by atoms with Gasteiger partial charge in [0.05, 0.1) is 5.52 Å². The van der Waals surface area contributed by atoms with E-state index in [1.165, 1.54) is 0 Å². The van der Waals surface area contributed by atoms with Crippen molar-refractivity contribution < 1.29 is 51.4 Å². The van der Waals surface area contributed by atoms with Gasteiger partial charge in [0.25, 0.3) is 0 Å². The molecule has 3 rings (SSSR count). The van der Waals surface area contributed by atoms with Gasteiger partial charge in [-0.15, -0.1) is 0 Å². The maximum atomic E-state index is 6.09. The predicted octanol–water partition coefficient (Wildman–Crippen LogP) is -1.17. The largest absolute Gasteiger partial charge is 2.00 e. The molecule has 0 unspecified atom stereocenters. The van der Waals surface area contributed by atoms with E-state index in [1.54, 1.807) is 0 Å². The Kier molecular flexibility index (Phi) is 15.7. The van der Waals surface area contributed by atoms with E-state index in [1.807, 2.05) is 24.3 Å². The fourth-order valence-electron chi connectivity index (χ4n) is 3.68. The molecule has 1 heterocycles. The maximum Gasteiger partial charge on any atom is 2.00 e. The van der Waals surface area contributed by atoms with Gasteiger partial charge in [0, 0.05) is 23.9 Å². The fourth-order valence-corrected chi connectivity index (χ4v) is 3.68. The molecule has 0 saturated heterocycles. The number of para-hydroxylation sites is 1. The van der Waals surface area contributed by atoms with E-state index in [2.05, 4.69) is 55.7 Å². The first-order valence-corrected chi connectivity index (χ1v) is 11.2. The molecule has 0 aliphatic carbocycles. The zero-order chi connectivity index (χ0) is 21.3. The minimum atomic E-state index is 0. The summed E-state index contributed by atoms with van der Waals surface area (Å²) in [5, 5.41) is 2.17. The van der Waals surface area contributed by atoms with Crippen molar-refractivity contribution in [3.8, 4) is 11.5 Å². The number of halogens is 2. The minimum Gasteiger partial charge on any atom is -1.00 e. The maximum absolute atomic E-state index is 6.09. The van der Waals surface area contributed by atoms with Gasteiger partial charge in [-0.1, -0.05) is 39.8 Å². The summed E-state index contributed by atoms with van der Waals surface area (Å²) >= 11 is 0. The quantitative estimate of drug-likeness (QED) is 0.213. The summed E-state index contributed by atoms with van der Waals surface area (Å²) in [5.41, 5.74) is 1.87. The third-order valence-corrected chi connectivity index (χ3v) is 5.70. The Hall–Kier alpha value is -1.27. The van der Waals surface area contributed by atoms with Crippen LogP contribution < -0.4 is 34.3 Å². The van der Waals surface area contributed by atoms with Crippen LogP contribution in [-0.2, 0) is 17.1 Å². The molecule has 0 saturated carbocycles. The van der Waals surface area contributed by atoms with Gasteiger partial charge in [-0.3, -0.25) is 0 Å². The fraction of sp³-hybridized carbons (Fsp3) is 0.480. The molecule has 0 atom stereocenters. The number of fused-ring (bicyclic) bond motifs is 2. The van der Waals surface area contributed by atoms with Crippen molar-refractivity contribution in [2.45, 2.75) is 27.7 Å². The number of likely N-dealkylation sites (N-methyl/N-ethyl adjacent to an activating group) is 2. The molecular weight excluding hydrogens is 509 g/mol. The number of benzene rings is 2. The average molecular weight is 544 g/mol. The van der Waals surface area contributed by atoms with Crippen LogP contribution >= 0.6 is 0 Å². The molecule has 8 heteroatoms. The van der Waals surface area contributed by atoms with E-state index >= 15 is 0 Å². The number of nitrogens with zero attached hydrogens (tertiary/aromatic N) is 3.